The minimum absolute atomic E-state index is 0.0907. The second-order valence-electron chi connectivity index (χ2n) is 5.61. The number of ketones is 1. The van der Waals surface area contributed by atoms with Crippen molar-refractivity contribution in [1.82, 2.24) is 10.7 Å². The van der Waals surface area contributed by atoms with Gasteiger partial charge in [-0.05, 0) is 43.5 Å². The molecule has 0 saturated heterocycles. The second-order valence-corrected chi connectivity index (χ2v) is 5.61. The molecule has 134 valence electrons. The molecule has 8 nitrogen and oxygen atoms in total. The number of phenols is 1. The molecule has 1 aromatic carbocycles. The summed E-state index contributed by atoms with van der Waals surface area (Å²) in [5, 5.41) is 21.3. The van der Waals surface area contributed by atoms with Crippen LogP contribution in [0.15, 0.2) is 24.3 Å². The van der Waals surface area contributed by atoms with Gasteiger partial charge in [0.1, 0.15) is 11.8 Å². The van der Waals surface area contributed by atoms with Gasteiger partial charge in [-0.25, -0.2) is 5.43 Å². The lowest BCUT2D eigenvalue weighted by Gasteiger charge is -2.18. The minimum atomic E-state index is -1.05. The number of Topliss-reactive ketones (excluding diaryl/α,β-unsaturated/α-hetero) is 1. The van der Waals surface area contributed by atoms with E-state index in [9.17, 15) is 19.8 Å². The highest BCUT2D eigenvalue weighted by Crippen LogP contribution is 2.11. The lowest BCUT2D eigenvalue weighted by Crippen LogP contribution is -2.48. The van der Waals surface area contributed by atoms with Crippen LogP contribution in [0, 0.1) is 0 Å². The highest BCUT2D eigenvalue weighted by molar-refractivity contribution is 5.86. The van der Waals surface area contributed by atoms with Crippen molar-refractivity contribution in [2.75, 3.05) is 13.1 Å². The maximum Gasteiger partial charge on any atom is 0.321 e. The fourth-order valence-electron chi connectivity index (χ4n) is 2.29. The first-order valence-electron chi connectivity index (χ1n) is 7.91. The van der Waals surface area contributed by atoms with Crippen LogP contribution < -0.4 is 22.3 Å². The van der Waals surface area contributed by atoms with E-state index in [2.05, 4.69) is 10.7 Å². The van der Waals surface area contributed by atoms with Crippen molar-refractivity contribution in [2.45, 2.75) is 37.8 Å². The quantitative estimate of drug-likeness (QED) is 0.170. The molecule has 1 aromatic rings. The number of carbonyl (C=O) groups is 2. The van der Waals surface area contributed by atoms with Gasteiger partial charge in [-0.15, -0.1) is 0 Å². The largest absolute Gasteiger partial charge is 0.508 e. The number of aromatic hydroxyl groups is 1. The highest BCUT2D eigenvalue weighted by Gasteiger charge is 2.21. The Hall–Kier alpha value is -2.00. The molecule has 0 fully saturated rings. The first kappa shape index (κ1) is 20.0. The van der Waals surface area contributed by atoms with Crippen LogP contribution in [0.4, 0.5) is 0 Å². The minimum Gasteiger partial charge on any atom is -0.508 e. The number of nitrogens with one attached hydrogen (secondary N) is 2. The standard InChI is InChI=1S/C16H26N4O4/c17-8-2-1-3-13(20-18)15(22)10-19-14(16(23)24)9-11-4-6-12(21)7-5-11/h4-7,13-14,19-21H,1-3,8-10,17-18H2,(H,23,24)/t13-,14-/m0/s1. The van der Waals surface area contributed by atoms with E-state index in [-0.39, 0.29) is 24.5 Å². The van der Waals surface area contributed by atoms with Crippen LogP contribution in [0.25, 0.3) is 0 Å². The van der Waals surface area contributed by atoms with Crippen molar-refractivity contribution >= 4 is 11.8 Å². The molecule has 0 aliphatic rings. The number of nitrogens with two attached hydrogens (primary N) is 2. The van der Waals surface area contributed by atoms with Crippen molar-refractivity contribution in [3.05, 3.63) is 29.8 Å². The molecule has 0 spiro atoms. The first-order valence-corrected chi connectivity index (χ1v) is 7.91. The number of hydrogen-bond acceptors (Lipinski definition) is 7. The fourth-order valence-corrected chi connectivity index (χ4v) is 2.29. The van der Waals surface area contributed by atoms with E-state index >= 15 is 0 Å². The van der Waals surface area contributed by atoms with Crippen LogP contribution in [0.3, 0.4) is 0 Å². The van der Waals surface area contributed by atoms with Crippen molar-refractivity contribution < 1.29 is 19.8 Å². The molecule has 0 unspecified atom stereocenters. The zero-order chi connectivity index (χ0) is 17.9. The summed E-state index contributed by atoms with van der Waals surface area (Å²) in [4.78, 5) is 23.5. The molecule has 0 saturated carbocycles. The Morgan fingerprint density at radius 1 is 1.12 bits per heavy atom. The van der Waals surface area contributed by atoms with Gasteiger partial charge in [0.05, 0.1) is 12.6 Å². The molecule has 2 atom stereocenters. The Balaban J connectivity index is 2.54. The molecule has 0 aliphatic carbocycles. The Bertz CT molecular complexity index is 521. The van der Waals surface area contributed by atoms with Gasteiger partial charge in [0.15, 0.2) is 5.78 Å². The van der Waals surface area contributed by atoms with Crippen molar-refractivity contribution in [1.29, 1.82) is 0 Å². The van der Waals surface area contributed by atoms with Gasteiger partial charge in [0.25, 0.3) is 0 Å². The molecule has 0 radical (unpaired) electrons. The van der Waals surface area contributed by atoms with Crippen LogP contribution in [-0.2, 0) is 16.0 Å². The Kier molecular flexibility index (Phi) is 8.95. The topological polar surface area (TPSA) is 151 Å². The van der Waals surface area contributed by atoms with Gasteiger partial charge >= 0.3 is 5.97 Å². The number of rotatable bonds is 12. The van der Waals surface area contributed by atoms with Crippen molar-refractivity contribution in [2.24, 2.45) is 11.6 Å². The third kappa shape index (κ3) is 7.05. The molecular weight excluding hydrogens is 312 g/mol. The number of phenolic OH excluding ortho intramolecular Hbond substituents is 1. The molecular formula is C16H26N4O4. The summed E-state index contributed by atoms with van der Waals surface area (Å²) < 4.78 is 0. The van der Waals surface area contributed by atoms with Gasteiger partial charge in [-0.2, -0.15) is 0 Å². The smallest absolute Gasteiger partial charge is 0.321 e. The Morgan fingerprint density at radius 3 is 2.33 bits per heavy atom. The Labute approximate surface area is 141 Å². The third-order valence-electron chi connectivity index (χ3n) is 3.73. The number of benzene rings is 1. The summed E-state index contributed by atoms with van der Waals surface area (Å²) >= 11 is 0. The molecule has 0 amide bonds. The van der Waals surface area contributed by atoms with Gasteiger partial charge in [-0.3, -0.25) is 20.7 Å². The molecule has 0 heterocycles. The van der Waals surface area contributed by atoms with Crippen LogP contribution >= 0.6 is 0 Å². The van der Waals surface area contributed by atoms with E-state index in [4.69, 9.17) is 11.6 Å². The average Bonchev–Trinajstić information content (AvgIpc) is 2.56. The fraction of sp³-hybridized carbons (Fsp3) is 0.500. The second kappa shape index (κ2) is 10.7. The van der Waals surface area contributed by atoms with Gasteiger partial charge < -0.3 is 15.9 Å². The highest BCUT2D eigenvalue weighted by atomic mass is 16.4. The summed E-state index contributed by atoms with van der Waals surface area (Å²) in [5.41, 5.74) is 8.63. The summed E-state index contributed by atoms with van der Waals surface area (Å²) in [6.45, 7) is 0.462. The van der Waals surface area contributed by atoms with E-state index in [0.717, 1.165) is 18.4 Å². The molecule has 0 bridgehead atoms. The van der Waals surface area contributed by atoms with E-state index in [1.165, 1.54) is 12.1 Å². The number of aliphatic carboxylic acids is 1. The zero-order valence-corrected chi connectivity index (χ0v) is 13.6. The van der Waals surface area contributed by atoms with E-state index < -0.39 is 18.1 Å². The molecule has 0 aliphatic heterocycles. The Morgan fingerprint density at radius 2 is 1.79 bits per heavy atom. The predicted octanol–water partition coefficient (Wildman–Crippen LogP) is -0.492. The summed E-state index contributed by atoms with van der Waals surface area (Å²) in [7, 11) is 0. The number of carboxylic acid groups (broad SMARTS) is 1. The summed E-state index contributed by atoms with van der Waals surface area (Å²) in [6.07, 6.45) is 2.34. The summed E-state index contributed by atoms with van der Waals surface area (Å²) in [5.74, 6) is 4.27. The van der Waals surface area contributed by atoms with Crippen LogP contribution in [-0.4, -0.2) is 47.1 Å². The number of unbranched alkanes of at least 4 members (excludes halogenated alkanes) is 1. The molecule has 24 heavy (non-hydrogen) atoms. The van der Waals surface area contributed by atoms with Crippen molar-refractivity contribution in [3.8, 4) is 5.75 Å². The predicted molar refractivity (Wildman–Crippen MR) is 90.3 cm³/mol. The SMILES string of the molecule is NCCCC[C@H](NN)C(=O)CN[C@@H](Cc1ccc(O)cc1)C(=O)O. The maximum atomic E-state index is 12.1. The molecule has 0 aromatic heterocycles. The van der Waals surface area contributed by atoms with Crippen LogP contribution in [0.5, 0.6) is 5.75 Å². The lowest BCUT2D eigenvalue weighted by molar-refractivity contribution is -0.139. The van der Waals surface area contributed by atoms with E-state index in [1.54, 1.807) is 12.1 Å². The number of carbonyl (C=O) groups excluding carboxylic acids is 1. The monoisotopic (exact) mass is 338 g/mol. The third-order valence-corrected chi connectivity index (χ3v) is 3.73. The molecule has 8 N–H and O–H groups in total. The number of hydrogen-bond donors (Lipinski definition) is 6. The lowest BCUT2D eigenvalue weighted by atomic mass is 10.0. The van der Waals surface area contributed by atoms with E-state index in [0.29, 0.717) is 13.0 Å². The molecule has 1 rings (SSSR count). The maximum absolute atomic E-state index is 12.1. The van der Waals surface area contributed by atoms with Gasteiger partial charge in [0.2, 0.25) is 0 Å². The normalized spacial score (nSPS) is 13.4. The summed E-state index contributed by atoms with van der Waals surface area (Å²) in [6, 6.07) is 4.85. The zero-order valence-electron chi connectivity index (χ0n) is 13.6. The molecule has 8 heteroatoms. The van der Waals surface area contributed by atoms with Gasteiger partial charge in [-0.1, -0.05) is 18.6 Å². The van der Waals surface area contributed by atoms with Gasteiger partial charge in [0, 0.05) is 0 Å². The van der Waals surface area contributed by atoms with E-state index in [1.807, 2.05) is 0 Å². The average molecular weight is 338 g/mol. The number of carboxylic acids is 1. The van der Waals surface area contributed by atoms with Crippen LogP contribution in [0.2, 0.25) is 0 Å². The van der Waals surface area contributed by atoms with Crippen molar-refractivity contribution in [3.63, 3.8) is 0 Å². The first-order chi connectivity index (χ1) is 11.5. The van der Waals surface area contributed by atoms with Crippen LogP contribution in [0.1, 0.15) is 24.8 Å². The number of hydrazine groups is 1.